The number of carbonyl (C=O) groups is 1. The molecule has 0 aromatic carbocycles. The summed E-state index contributed by atoms with van der Waals surface area (Å²) < 4.78 is 29.3. The Balaban J connectivity index is 1.76. The molecule has 0 bridgehead atoms. The highest BCUT2D eigenvalue weighted by Gasteiger charge is 2.48. The van der Waals surface area contributed by atoms with Crippen LogP contribution in [-0.2, 0) is 19.4 Å². The van der Waals surface area contributed by atoms with Gasteiger partial charge in [0, 0.05) is 38.0 Å². The standard InChI is InChI=1S/C12H20N2O4S/c15-12(14-2-4-18-5-3-14)9-1-6-19(16,17)11-8-13-7-10(9)11/h9-11,13H,1-8H2/t9?,10-,11-/m1/s1. The summed E-state index contributed by atoms with van der Waals surface area (Å²) in [5.74, 6) is 0.0870. The number of rotatable bonds is 1. The summed E-state index contributed by atoms with van der Waals surface area (Å²) in [6.45, 7) is 3.58. The van der Waals surface area contributed by atoms with E-state index in [2.05, 4.69) is 5.32 Å². The van der Waals surface area contributed by atoms with Gasteiger partial charge in [-0.25, -0.2) is 8.42 Å². The third-order valence-electron chi connectivity index (χ3n) is 4.53. The van der Waals surface area contributed by atoms with E-state index in [-0.39, 0.29) is 28.7 Å². The number of sulfone groups is 1. The van der Waals surface area contributed by atoms with Gasteiger partial charge in [-0.2, -0.15) is 0 Å². The monoisotopic (exact) mass is 288 g/mol. The summed E-state index contributed by atoms with van der Waals surface area (Å²) in [7, 11) is -3.02. The van der Waals surface area contributed by atoms with Crippen molar-refractivity contribution in [2.75, 3.05) is 45.1 Å². The van der Waals surface area contributed by atoms with Gasteiger partial charge in [-0.3, -0.25) is 4.79 Å². The number of morpholine rings is 1. The van der Waals surface area contributed by atoms with Crippen molar-refractivity contribution in [3.8, 4) is 0 Å². The van der Waals surface area contributed by atoms with E-state index in [0.29, 0.717) is 45.8 Å². The lowest BCUT2D eigenvalue weighted by Gasteiger charge is -2.36. The predicted octanol–water partition coefficient (Wildman–Crippen LogP) is -1.13. The second-order valence-electron chi connectivity index (χ2n) is 5.56. The summed E-state index contributed by atoms with van der Waals surface area (Å²) in [6.07, 6.45) is 0.474. The summed E-state index contributed by atoms with van der Waals surface area (Å²) in [4.78, 5) is 14.4. The normalized spacial score (nSPS) is 37.9. The van der Waals surface area contributed by atoms with Crippen LogP contribution in [0.15, 0.2) is 0 Å². The number of ether oxygens (including phenoxy) is 1. The van der Waals surface area contributed by atoms with Gasteiger partial charge >= 0.3 is 0 Å². The number of amides is 1. The smallest absolute Gasteiger partial charge is 0.226 e. The van der Waals surface area contributed by atoms with Crippen molar-refractivity contribution in [3.63, 3.8) is 0 Å². The van der Waals surface area contributed by atoms with Crippen molar-refractivity contribution < 1.29 is 17.9 Å². The maximum Gasteiger partial charge on any atom is 0.226 e. The Morgan fingerprint density at radius 3 is 2.68 bits per heavy atom. The van der Waals surface area contributed by atoms with Crippen LogP contribution in [0.4, 0.5) is 0 Å². The molecule has 3 aliphatic rings. The van der Waals surface area contributed by atoms with Crippen LogP contribution >= 0.6 is 0 Å². The maximum atomic E-state index is 12.6. The molecule has 0 aliphatic carbocycles. The average Bonchev–Trinajstić information content (AvgIpc) is 2.90. The van der Waals surface area contributed by atoms with Gasteiger partial charge in [0.2, 0.25) is 5.91 Å². The third kappa shape index (κ3) is 2.39. The molecule has 3 aliphatic heterocycles. The van der Waals surface area contributed by atoms with E-state index in [1.165, 1.54) is 0 Å². The Labute approximate surface area is 113 Å². The largest absolute Gasteiger partial charge is 0.378 e. The van der Waals surface area contributed by atoms with Gasteiger partial charge in [-0.15, -0.1) is 0 Å². The molecule has 108 valence electrons. The molecule has 1 unspecified atom stereocenters. The molecular weight excluding hydrogens is 268 g/mol. The van der Waals surface area contributed by atoms with Crippen molar-refractivity contribution in [1.82, 2.24) is 10.2 Å². The molecule has 3 atom stereocenters. The topological polar surface area (TPSA) is 75.7 Å². The van der Waals surface area contributed by atoms with E-state index in [1.807, 2.05) is 4.90 Å². The molecule has 1 amide bonds. The number of carbonyl (C=O) groups excluding carboxylic acids is 1. The highest BCUT2D eigenvalue weighted by molar-refractivity contribution is 7.92. The molecule has 0 saturated carbocycles. The van der Waals surface area contributed by atoms with Crippen molar-refractivity contribution >= 4 is 15.7 Å². The van der Waals surface area contributed by atoms with Crippen LogP contribution in [0.3, 0.4) is 0 Å². The number of nitrogens with one attached hydrogen (secondary N) is 1. The predicted molar refractivity (Wildman–Crippen MR) is 69.4 cm³/mol. The zero-order valence-electron chi connectivity index (χ0n) is 10.9. The molecule has 7 heteroatoms. The van der Waals surface area contributed by atoms with Gasteiger partial charge < -0.3 is 15.0 Å². The van der Waals surface area contributed by atoms with E-state index >= 15 is 0 Å². The Morgan fingerprint density at radius 2 is 1.95 bits per heavy atom. The SMILES string of the molecule is O=C(C1CCS(=O)(=O)[C@@H]2CNC[C@H]12)N1CCOCC1. The van der Waals surface area contributed by atoms with Crippen LogP contribution < -0.4 is 5.32 Å². The Bertz CT molecular complexity index is 458. The first-order valence-corrected chi connectivity index (χ1v) is 8.60. The fourth-order valence-corrected chi connectivity index (χ4v) is 5.53. The van der Waals surface area contributed by atoms with Crippen LogP contribution in [0.5, 0.6) is 0 Å². The number of hydrogen-bond acceptors (Lipinski definition) is 5. The molecule has 3 fully saturated rings. The summed E-state index contributed by atoms with van der Waals surface area (Å²) in [5.41, 5.74) is 0. The molecular formula is C12H20N2O4S. The molecule has 3 saturated heterocycles. The third-order valence-corrected chi connectivity index (χ3v) is 6.78. The van der Waals surface area contributed by atoms with Crippen LogP contribution in [-0.4, -0.2) is 69.6 Å². The Morgan fingerprint density at radius 1 is 1.21 bits per heavy atom. The molecule has 0 radical (unpaired) electrons. The molecule has 6 nitrogen and oxygen atoms in total. The zero-order valence-corrected chi connectivity index (χ0v) is 11.7. The highest BCUT2D eigenvalue weighted by Crippen LogP contribution is 2.34. The van der Waals surface area contributed by atoms with Gasteiger partial charge in [0.25, 0.3) is 0 Å². The van der Waals surface area contributed by atoms with Gasteiger partial charge in [0.15, 0.2) is 9.84 Å². The number of fused-ring (bicyclic) bond motifs is 1. The fourth-order valence-electron chi connectivity index (χ4n) is 3.45. The first-order valence-electron chi connectivity index (χ1n) is 6.88. The molecule has 3 heterocycles. The lowest BCUT2D eigenvalue weighted by Crippen LogP contribution is -2.50. The highest BCUT2D eigenvalue weighted by atomic mass is 32.2. The van der Waals surface area contributed by atoms with E-state index < -0.39 is 9.84 Å². The minimum absolute atomic E-state index is 0.0471. The molecule has 0 aromatic heterocycles. The van der Waals surface area contributed by atoms with E-state index in [9.17, 15) is 13.2 Å². The lowest BCUT2D eigenvalue weighted by atomic mass is 9.87. The van der Waals surface area contributed by atoms with Gasteiger partial charge in [-0.05, 0) is 6.42 Å². The minimum atomic E-state index is -3.02. The van der Waals surface area contributed by atoms with Crippen molar-refractivity contribution in [2.45, 2.75) is 11.7 Å². The zero-order chi connectivity index (χ0) is 13.5. The number of nitrogens with zero attached hydrogens (tertiary/aromatic N) is 1. The number of hydrogen-bond donors (Lipinski definition) is 1. The summed E-state index contributed by atoms with van der Waals surface area (Å²) >= 11 is 0. The Kier molecular flexibility index (Phi) is 3.53. The van der Waals surface area contributed by atoms with Crippen LogP contribution in [0.1, 0.15) is 6.42 Å². The first kappa shape index (κ1) is 13.3. The molecule has 1 N–H and O–H groups in total. The van der Waals surface area contributed by atoms with Crippen LogP contribution in [0.2, 0.25) is 0 Å². The van der Waals surface area contributed by atoms with E-state index in [4.69, 9.17) is 4.74 Å². The van der Waals surface area contributed by atoms with Gasteiger partial charge in [-0.1, -0.05) is 0 Å². The molecule has 0 spiro atoms. The summed E-state index contributed by atoms with van der Waals surface area (Å²) in [5, 5.41) is 2.77. The molecule has 0 aromatic rings. The van der Waals surface area contributed by atoms with Crippen molar-refractivity contribution in [1.29, 1.82) is 0 Å². The average molecular weight is 288 g/mol. The van der Waals surface area contributed by atoms with Gasteiger partial charge in [0.1, 0.15) is 0 Å². The second kappa shape index (κ2) is 5.03. The van der Waals surface area contributed by atoms with Crippen molar-refractivity contribution in [2.24, 2.45) is 11.8 Å². The second-order valence-corrected chi connectivity index (χ2v) is 7.90. The molecule has 3 rings (SSSR count). The van der Waals surface area contributed by atoms with E-state index in [1.54, 1.807) is 0 Å². The van der Waals surface area contributed by atoms with Crippen LogP contribution in [0.25, 0.3) is 0 Å². The minimum Gasteiger partial charge on any atom is -0.378 e. The fraction of sp³-hybridized carbons (Fsp3) is 0.917. The molecule has 19 heavy (non-hydrogen) atoms. The van der Waals surface area contributed by atoms with Gasteiger partial charge in [0.05, 0.1) is 24.2 Å². The van der Waals surface area contributed by atoms with Crippen molar-refractivity contribution in [3.05, 3.63) is 0 Å². The van der Waals surface area contributed by atoms with E-state index in [0.717, 1.165) is 0 Å². The Hall–Kier alpha value is -0.660. The lowest BCUT2D eigenvalue weighted by molar-refractivity contribution is -0.141. The van der Waals surface area contributed by atoms with Crippen LogP contribution in [0, 0.1) is 11.8 Å². The maximum absolute atomic E-state index is 12.6. The quantitative estimate of drug-likeness (QED) is 0.661. The summed E-state index contributed by atoms with van der Waals surface area (Å²) in [6, 6.07) is 0. The first-order chi connectivity index (χ1) is 9.09.